The fraction of sp³-hybridized carbons (Fsp3) is 0.474. The Labute approximate surface area is 153 Å². The number of aryl methyl sites for hydroxylation is 1. The van der Waals surface area contributed by atoms with E-state index < -0.39 is 5.60 Å². The molecule has 2 aromatic rings. The molecule has 26 heavy (non-hydrogen) atoms. The second-order valence-corrected chi connectivity index (χ2v) is 6.88. The number of carbonyl (C=O) groups excluding carboxylic acids is 1. The summed E-state index contributed by atoms with van der Waals surface area (Å²) in [6, 6.07) is 11.3. The van der Waals surface area contributed by atoms with Crippen molar-refractivity contribution >= 4 is 11.7 Å². The van der Waals surface area contributed by atoms with E-state index in [0.29, 0.717) is 31.7 Å². The first kappa shape index (κ1) is 18.4. The minimum Gasteiger partial charge on any atom is -0.491 e. The van der Waals surface area contributed by atoms with Gasteiger partial charge in [0.2, 0.25) is 5.91 Å². The molecule has 1 unspecified atom stereocenters. The molecule has 7 heteroatoms. The Kier molecular flexibility index (Phi) is 5.90. The minimum atomic E-state index is -0.859. The number of aliphatic hydroxyl groups is 1. The summed E-state index contributed by atoms with van der Waals surface area (Å²) in [5.41, 5.74) is -0.859. The number of rotatable bonds is 6. The van der Waals surface area contributed by atoms with Crippen LogP contribution < -0.4 is 10.1 Å². The molecule has 3 rings (SSSR count). The lowest BCUT2D eigenvalue weighted by Crippen LogP contribution is -2.38. The number of aromatic nitrogens is 2. The molecule has 1 saturated heterocycles. The van der Waals surface area contributed by atoms with Gasteiger partial charge in [-0.05, 0) is 37.9 Å². The van der Waals surface area contributed by atoms with Crippen molar-refractivity contribution in [3.05, 3.63) is 42.6 Å². The predicted octanol–water partition coefficient (Wildman–Crippen LogP) is 1.65. The molecule has 1 fully saturated rings. The largest absolute Gasteiger partial charge is 0.491 e. The summed E-state index contributed by atoms with van der Waals surface area (Å²) in [4.78, 5) is 14.3. The molecule has 1 aliphatic heterocycles. The lowest BCUT2D eigenvalue weighted by Gasteiger charge is -2.26. The standard InChI is InChI=1S/C19H26N4O3/c1-22-12-8-17(21-22)20-18(24)14-23-11-5-9-19(25,10-13-23)15-26-16-6-3-2-4-7-16/h2-4,6-8,12,25H,5,9-11,13-15H2,1H3,(H,20,21,24). The van der Waals surface area contributed by atoms with Crippen LogP contribution in [0.5, 0.6) is 5.75 Å². The Bertz CT molecular complexity index is 719. The highest BCUT2D eigenvalue weighted by Crippen LogP contribution is 2.24. The highest BCUT2D eigenvalue weighted by atomic mass is 16.5. The first-order valence-corrected chi connectivity index (χ1v) is 8.95. The van der Waals surface area contributed by atoms with E-state index >= 15 is 0 Å². The number of anilines is 1. The molecule has 0 aliphatic carbocycles. The first-order chi connectivity index (χ1) is 12.5. The van der Waals surface area contributed by atoms with Crippen molar-refractivity contribution in [1.82, 2.24) is 14.7 Å². The number of benzene rings is 1. The maximum Gasteiger partial charge on any atom is 0.239 e. The van der Waals surface area contributed by atoms with Crippen LogP contribution in [0.4, 0.5) is 5.82 Å². The lowest BCUT2D eigenvalue weighted by atomic mass is 9.96. The Morgan fingerprint density at radius 1 is 1.27 bits per heavy atom. The Balaban J connectivity index is 1.47. The van der Waals surface area contributed by atoms with Gasteiger partial charge in [0.05, 0.1) is 12.1 Å². The van der Waals surface area contributed by atoms with Crippen molar-refractivity contribution in [1.29, 1.82) is 0 Å². The summed E-state index contributed by atoms with van der Waals surface area (Å²) < 4.78 is 7.39. The van der Waals surface area contributed by atoms with E-state index in [-0.39, 0.29) is 12.5 Å². The Hall–Kier alpha value is -2.38. The summed E-state index contributed by atoms with van der Waals surface area (Å²) in [7, 11) is 1.81. The molecular formula is C19H26N4O3. The summed E-state index contributed by atoms with van der Waals surface area (Å²) in [6.07, 6.45) is 3.86. The molecule has 7 nitrogen and oxygen atoms in total. The van der Waals surface area contributed by atoms with Gasteiger partial charge in [-0.15, -0.1) is 0 Å². The van der Waals surface area contributed by atoms with Crippen LogP contribution in [-0.2, 0) is 11.8 Å². The van der Waals surface area contributed by atoms with Gasteiger partial charge in [-0.3, -0.25) is 14.4 Å². The maximum atomic E-state index is 12.2. The number of hydrogen-bond acceptors (Lipinski definition) is 5. The van der Waals surface area contributed by atoms with Gasteiger partial charge in [0.25, 0.3) is 0 Å². The maximum absolute atomic E-state index is 12.2. The molecule has 2 heterocycles. The Morgan fingerprint density at radius 3 is 2.81 bits per heavy atom. The number of ether oxygens (including phenoxy) is 1. The molecule has 1 atom stereocenters. The quantitative estimate of drug-likeness (QED) is 0.821. The SMILES string of the molecule is Cn1ccc(NC(=O)CN2CCCC(O)(COc3ccccc3)CC2)n1. The molecule has 140 valence electrons. The molecule has 1 aliphatic rings. The normalized spacial score (nSPS) is 21.2. The smallest absolute Gasteiger partial charge is 0.239 e. The van der Waals surface area contributed by atoms with Crippen LogP contribution in [0.15, 0.2) is 42.6 Å². The van der Waals surface area contributed by atoms with Gasteiger partial charge >= 0.3 is 0 Å². The molecule has 0 spiro atoms. The van der Waals surface area contributed by atoms with E-state index in [1.165, 1.54) is 0 Å². The van der Waals surface area contributed by atoms with E-state index in [1.807, 2.05) is 37.4 Å². The summed E-state index contributed by atoms with van der Waals surface area (Å²) in [6.45, 7) is 2.00. The van der Waals surface area contributed by atoms with Crippen molar-refractivity contribution in [2.45, 2.75) is 24.9 Å². The van der Waals surface area contributed by atoms with Gasteiger partial charge in [-0.1, -0.05) is 18.2 Å². The average Bonchev–Trinajstić information content (AvgIpc) is 2.94. The number of nitrogens with zero attached hydrogens (tertiary/aromatic N) is 3. The van der Waals surface area contributed by atoms with Crippen LogP contribution in [0.2, 0.25) is 0 Å². The first-order valence-electron chi connectivity index (χ1n) is 8.95. The lowest BCUT2D eigenvalue weighted by molar-refractivity contribution is -0.117. The molecule has 1 aromatic heterocycles. The average molecular weight is 358 g/mol. The van der Waals surface area contributed by atoms with Gasteiger partial charge in [0, 0.05) is 25.9 Å². The number of likely N-dealkylation sites (tertiary alicyclic amines) is 1. The van der Waals surface area contributed by atoms with Crippen LogP contribution >= 0.6 is 0 Å². The molecular weight excluding hydrogens is 332 g/mol. The third-order valence-corrected chi connectivity index (χ3v) is 4.61. The molecule has 0 saturated carbocycles. The summed E-state index contributed by atoms with van der Waals surface area (Å²) in [5.74, 6) is 1.23. The Morgan fingerprint density at radius 2 is 2.08 bits per heavy atom. The monoisotopic (exact) mass is 358 g/mol. The second-order valence-electron chi connectivity index (χ2n) is 6.88. The number of para-hydroxylation sites is 1. The molecule has 2 N–H and O–H groups in total. The van der Waals surface area contributed by atoms with Crippen LogP contribution in [0.25, 0.3) is 0 Å². The molecule has 1 aromatic carbocycles. The molecule has 1 amide bonds. The van der Waals surface area contributed by atoms with Crippen molar-refractivity contribution in [2.24, 2.45) is 7.05 Å². The molecule has 0 radical (unpaired) electrons. The highest BCUT2D eigenvalue weighted by molar-refractivity contribution is 5.91. The van der Waals surface area contributed by atoms with Crippen molar-refractivity contribution < 1.29 is 14.6 Å². The number of nitrogens with one attached hydrogen (secondary N) is 1. The second kappa shape index (κ2) is 8.33. The third-order valence-electron chi connectivity index (χ3n) is 4.61. The van der Waals surface area contributed by atoms with E-state index in [2.05, 4.69) is 15.3 Å². The molecule has 0 bridgehead atoms. The van der Waals surface area contributed by atoms with Gasteiger partial charge in [0.1, 0.15) is 12.4 Å². The fourth-order valence-electron chi connectivity index (χ4n) is 3.14. The van der Waals surface area contributed by atoms with Crippen molar-refractivity contribution in [3.63, 3.8) is 0 Å². The zero-order valence-electron chi connectivity index (χ0n) is 15.1. The summed E-state index contributed by atoms with van der Waals surface area (Å²) >= 11 is 0. The number of amides is 1. The van der Waals surface area contributed by atoms with E-state index in [9.17, 15) is 9.90 Å². The zero-order valence-corrected chi connectivity index (χ0v) is 15.1. The van der Waals surface area contributed by atoms with Crippen molar-refractivity contribution in [2.75, 3.05) is 31.6 Å². The zero-order chi connectivity index (χ0) is 18.4. The van der Waals surface area contributed by atoms with Crippen molar-refractivity contribution in [3.8, 4) is 5.75 Å². The fourth-order valence-corrected chi connectivity index (χ4v) is 3.14. The van der Waals surface area contributed by atoms with Crippen LogP contribution in [0.3, 0.4) is 0 Å². The van der Waals surface area contributed by atoms with Crippen LogP contribution in [0, 0.1) is 0 Å². The third kappa shape index (κ3) is 5.31. The minimum absolute atomic E-state index is 0.0883. The van der Waals surface area contributed by atoms with E-state index in [0.717, 1.165) is 18.7 Å². The van der Waals surface area contributed by atoms with Gasteiger partial charge < -0.3 is 15.2 Å². The highest BCUT2D eigenvalue weighted by Gasteiger charge is 2.31. The number of hydrogen-bond donors (Lipinski definition) is 2. The topological polar surface area (TPSA) is 79.6 Å². The van der Waals surface area contributed by atoms with Gasteiger partial charge in [0.15, 0.2) is 5.82 Å². The number of carbonyl (C=O) groups is 1. The van der Waals surface area contributed by atoms with E-state index in [1.54, 1.807) is 16.9 Å². The summed E-state index contributed by atoms with van der Waals surface area (Å²) in [5, 5.41) is 17.8. The van der Waals surface area contributed by atoms with Gasteiger partial charge in [-0.25, -0.2) is 0 Å². The predicted molar refractivity (Wildman–Crippen MR) is 99.0 cm³/mol. The van der Waals surface area contributed by atoms with Gasteiger partial charge in [-0.2, -0.15) is 5.10 Å². The van der Waals surface area contributed by atoms with Crippen LogP contribution in [-0.4, -0.2) is 57.5 Å². The van der Waals surface area contributed by atoms with Crippen LogP contribution in [0.1, 0.15) is 19.3 Å². The van der Waals surface area contributed by atoms with E-state index in [4.69, 9.17) is 4.74 Å².